The normalized spacial score (nSPS) is 20.7. The lowest BCUT2D eigenvalue weighted by molar-refractivity contribution is -0.135. The zero-order valence-corrected chi connectivity index (χ0v) is 13.0. The minimum Gasteiger partial charge on any atom is -0.343 e. The van der Waals surface area contributed by atoms with Crippen molar-refractivity contribution >= 4 is 17.9 Å². The van der Waals surface area contributed by atoms with Gasteiger partial charge in [0, 0.05) is 26.2 Å². The maximum atomic E-state index is 12.6. The molecule has 4 heteroatoms. The van der Waals surface area contributed by atoms with Crippen molar-refractivity contribution in [1.82, 2.24) is 9.80 Å². The van der Waals surface area contributed by atoms with Gasteiger partial charge >= 0.3 is 0 Å². The zero-order chi connectivity index (χ0) is 15.5. The van der Waals surface area contributed by atoms with Gasteiger partial charge in [-0.15, -0.1) is 0 Å². The molecule has 3 rings (SSSR count). The van der Waals surface area contributed by atoms with Crippen molar-refractivity contribution in [3.63, 3.8) is 0 Å². The topological polar surface area (TPSA) is 40.6 Å². The Morgan fingerprint density at radius 1 is 1.14 bits per heavy atom. The summed E-state index contributed by atoms with van der Waals surface area (Å²) in [5.41, 5.74) is 2.15. The van der Waals surface area contributed by atoms with Crippen LogP contribution in [0.1, 0.15) is 49.8 Å². The van der Waals surface area contributed by atoms with E-state index >= 15 is 0 Å². The molecule has 0 bridgehead atoms. The Bertz CT molecular complexity index is 603. The van der Waals surface area contributed by atoms with E-state index in [1.54, 1.807) is 18.0 Å². The monoisotopic (exact) mass is 298 g/mol. The van der Waals surface area contributed by atoms with Gasteiger partial charge in [-0.05, 0) is 36.5 Å². The van der Waals surface area contributed by atoms with Crippen LogP contribution in [0, 0.1) is 0 Å². The highest BCUT2D eigenvalue weighted by molar-refractivity contribution is 5.82. The Morgan fingerprint density at radius 3 is 2.59 bits per heavy atom. The Hall–Kier alpha value is -2.10. The number of nitrogens with zero attached hydrogens (tertiary/aromatic N) is 2. The lowest BCUT2D eigenvalue weighted by Gasteiger charge is -2.34. The van der Waals surface area contributed by atoms with Crippen LogP contribution in [-0.4, -0.2) is 34.7 Å². The quantitative estimate of drug-likeness (QED) is 0.842. The van der Waals surface area contributed by atoms with Crippen molar-refractivity contribution in [3.8, 4) is 0 Å². The van der Waals surface area contributed by atoms with Crippen LogP contribution in [0.25, 0.3) is 6.08 Å². The molecule has 0 radical (unpaired) electrons. The van der Waals surface area contributed by atoms with Crippen LogP contribution in [0.4, 0.5) is 0 Å². The smallest absolute Gasteiger partial charge is 0.225 e. The van der Waals surface area contributed by atoms with Crippen LogP contribution in [-0.2, 0) is 9.59 Å². The number of piperidine rings is 1. The molecule has 1 fully saturated rings. The van der Waals surface area contributed by atoms with E-state index in [4.69, 9.17) is 0 Å². The first-order chi connectivity index (χ1) is 10.7. The maximum absolute atomic E-state index is 12.6. The van der Waals surface area contributed by atoms with Crippen molar-refractivity contribution in [2.75, 3.05) is 13.1 Å². The largest absolute Gasteiger partial charge is 0.343 e. The summed E-state index contributed by atoms with van der Waals surface area (Å²) in [6.45, 7) is 3.25. The van der Waals surface area contributed by atoms with E-state index < -0.39 is 0 Å². The predicted octanol–water partition coefficient (Wildman–Crippen LogP) is 2.96. The number of carbonyl (C=O) groups excluding carboxylic acids is 2. The summed E-state index contributed by atoms with van der Waals surface area (Å²) in [5.74, 6) is 0.128. The molecule has 2 heterocycles. The number of hydrogen-bond acceptors (Lipinski definition) is 2. The van der Waals surface area contributed by atoms with Gasteiger partial charge in [-0.25, -0.2) is 0 Å². The first kappa shape index (κ1) is 14.8. The van der Waals surface area contributed by atoms with Gasteiger partial charge in [-0.3, -0.25) is 9.59 Å². The van der Waals surface area contributed by atoms with Crippen LogP contribution >= 0.6 is 0 Å². The van der Waals surface area contributed by atoms with Crippen LogP contribution in [0.3, 0.4) is 0 Å². The van der Waals surface area contributed by atoms with E-state index in [2.05, 4.69) is 0 Å². The van der Waals surface area contributed by atoms with Crippen molar-refractivity contribution < 1.29 is 9.59 Å². The van der Waals surface area contributed by atoms with E-state index in [1.807, 2.05) is 35.2 Å². The van der Waals surface area contributed by atoms with Gasteiger partial charge in [-0.1, -0.05) is 24.3 Å². The van der Waals surface area contributed by atoms with Gasteiger partial charge in [0.15, 0.2) is 0 Å². The molecule has 0 aliphatic carbocycles. The van der Waals surface area contributed by atoms with Crippen LogP contribution in [0.5, 0.6) is 0 Å². The number of fused-ring (bicyclic) bond motifs is 1. The molecule has 1 saturated heterocycles. The molecule has 1 aromatic carbocycles. The molecule has 2 aliphatic heterocycles. The van der Waals surface area contributed by atoms with Crippen LogP contribution < -0.4 is 0 Å². The summed E-state index contributed by atoms with van der Waals surface area (Å²) in [6.07, 6.45) is 7.49. The van der Waals surface area contributed by atoms with Crippen molar-refractivity contribution in [2.24, 2.45) is 0 Å². The maximum Gasteiger partial charge on any atom is 0.225 e. The van der Waals surface area contributed by atoms with Gasteiger partial charge < -0.3 is 9.80 Å². The summed E-state index contributed by atoms with van der Waals surface area (Å²) >= 11 is 0. The third-order valence-electron chi connectivity index (χ3n) is 4.55. The summed E-state index contributed by atoms with van der Waals surface area (Å²) < 4.78 is 0. The number of carbonyl (C=O) groups is 2. The Kier molecular flexibility index (Phi) is 4.27. The third kappa shape index (κ3) is 2.91. The van der Waals surface area contributed by atoms with Crippen LogP contribution in [0.2, 0.25) is 0 Å². The SMILES string of the molecule is CC(=O)N1C=Cc2ccccc2C1CC(=O)N1CCCCC1. The van der Waals surface area contributed by atoms with Crippen LogP contribution in [0.15, 0.2) is 30.5 Å². The lowest BCUT2D eigenvalue weighted by atomic mass is 9.93. The summed E-state index contributed by atoms with van der Waals surface area (Å²) in [7, 11) is 0. The highest BCUT2D eigenvalue weighted by atomic mass is 16.2. The molecule has 116 valence electrons. The molecule has 2 amide bonds. The number of likely N-dealkylation sites (tertiary alicyclic amines) is 1. The van der Waals surface area contributed by atoms with Crippen molar-refractivity contribution in [2.45, 2.75) is 38.6 Å². The van der Waals surface area contributed by atoms with Crippen molar-refractivity contribution in [1.29, 1.82) is 0 Å². The minimum atomic E-state index is -0.187. The van der Waals surface area contributed by atoms with Gasteiger partial charge in [0.05, 0.1) is 12.5 Å². The lowest BCUT2D eigenvalue weighted by Crippen LogP contribution is -2.39. The first-order valence-electron chi connectivity index (χ1n) is 8.00. The van der Waals surface area contributed by atoms with Crippen molar-refractivity contribution in [3.05, 3.63) is 41.6 Å². The Labute approximate surface area is 131 Å². The summed E-state index contributed by atoms with van der Waals surface area (Å²) in [6, 6.07) is 7.81. The molecular formula is C18H22N2O2. The van der Waals surface area contributed by atoms with E-state index in [0.717, 1.165) is 37.1 Å². The molecule has 0 spiro atoms. The molecule has 0 N–H and O–H groups in total. The predicted molar refractivity (Wildman–Crippen MR) is 85.8 cm³/mol. The Balaban J connectivity index is 1.83. The van der Waals surface area contributed by atoms with E-state index in [1.165, 1.54) is 6.42 Å². The third-order valence-corrected chi connectivity index (χ3v) is 4.55. The molecule has 4 nitrogen and oxygen atoms in total. The fraction of sp³-hybridized carbons (Fsp3) is 0.444. The van der Waals surface area contributed by atoms with Gasteiger partial charge in [-0.2, -0.15) is 0 Å². The number of amides is 2. The molecule has 0 aromatic heterocycles. The fourth-order valence-electron chi connectivity index (χ4n) is 3.35. The molecule has 1 atom stereocenters. The Morgan fingerprint density at radius 2 is 1.86 bits per heavy atom. The van der Waals surface area contributed by atoms with E-state index in [9.17, 15) is 9.59 Å². The van der Waals surface area contributed by atoms with Gasteiger partial charge in [0.25, 0.3) is 0 Å². The second kappa shape index (κ2) is 6.34. The summed E-state index contributed by atoms with van der Waals surface area (Å²) in [4.78, 5) is 28.2. The second-order valence-electron chi connectivity index (χ2n) is 6.03. The highest BCUT2D eigenvalue weighted by Crippen LogP contribution is 2.33. The molecule has 1 unspecified atom stereocenters. The number of rotatable bonds is 2. The summed E-state index contributed by atoms with van der Waals surface area (Å²) in [5, 5.41) is 0. The highest BCUT2D eigenvalue weighted by Gasteiger charge is 2.30. The van der Waals surface area contributed by atoms with E-state index in [-0.39, 0.29) is 17.9 Å². The number of benzene rings is 1. The van der Waals surface area contributed by atoms with E-state index in [0.29, 0.717) is 6.42 Å². The second-order valence-corrected chi connectivity index (χ2v) is 6.03. The first-order valence-corrected chi connectivity index (χ1v) is 8.00. The molecular weight excluding hydrogens is 276 g/mol. The molecule has 0 saturated carbocycles. The average Bonchev–Trinajstić information content (AvgIpc) is 2.55. The minimum absolute atomic E-state index is 0.0257. The van der Waals surface area contributed by atoms with Gasteiger partial charge in [0.1, 0.15) is 0 Å². The molecule has 1 aromatic rings. The molecule has 2 aliphatic rings. The standard InChI is InChI=1S/C18H22N2O2/c1-14(21)20-12-9-15-7-3-4-8-16(15)17(20)13-18(22)19-10-5-2-6-11-19/h3-4,7-9,12,17H,2,5-6,10-11,13H2,1H3. The zero-order valence-electron chi connectivity index (χ0n) is 13.0. The number of hydrogen-bond donors (Lipinski definition) is 0. The van der Waals surface area contributed by atoms with Gasteiger partial charge in [0.2, 0.25) is 11.8 Å². The average molecular weight is 298 g/mol. The molecule has 22 heavy (non-hydrogen) atoms. The fourth-order valence-corrected chi connectivity index (χ4v) is 3.35.